The van der Waals surface area contributed by atoms with Crippen LogP contribution in [0.3, 0.4) is 0 Å². The van der Waals surface area contributed by atoms with E-state index in [9.17, 15) is 12.8 Å². The molecule has 0 aliphatic rings. The fraction of sp³-hybridized carbons (Fsp3) is 0.294. The van der Waals surface area contributed by atoms with Crippen molar-refractivity contribution < 1.29 is 22.3 Å². The Kier molecular flexibility index (Phi) is 5.46. The lowest BCUT2D eigenvalue weighted by molar-refractivity contribution is 0.353. The van der Waals surface area contributed by atoms with Crippen LogP contribution < -0.4 is 9.47 Å². The van der Waals surface area contributed by atoms with Gasteiger partial charge in [0.2, 0.25) is 10.0 Å². The number of nitrogens with zero attached hydrogens (tertiary/aromatic N) is 1. The van der Waals surface area contributed by atoms with E-state index in [1.165, 1.54) is 33.4 Å². The van der Waals surface area contributed by atoms with E-state index >= 15 is 0 Å². The third-order valence-corrected chi connectivity index (χ3v) is 5.67. The summed E-state index contributed by atoms with van der Waals surface area (Å²) in [7, 11) is 0.523. The first kappa shape index (κ1) is 18.2. The zero-order valence-corrected chi connectivity index (χ0v) is 14.9. The highest BCUT2D eigenvalue weighted by molar-refractivity contribution is 7.89. The number of sulfonamides is 1. The molecule has 0 unspecified atom stereocenters. The Morgan fingerprint density at radius 2 is 1.67 bits per heavy atom. The molecule has 0 fully saturated rings. The van der Waals surface area contributed by atoms with Crippen LogP contribution in [-0.4, -0.2) is 34.0 Å². The van der Waals surface area contributed by atoms with Gasteiger partial charge >= 0.3 is 0 Å². The molecule has 0 spiro atoms. The molecule has 2 aromatic carbocycles. The SMILES string of the molecule is COc1cc(C)c(S(=O)(=O)N(C)Cc2ccccc2F)cc1OC. The van der Waals surface area contributed by atoms with Gasteiger partial charge in [0.25, 0.3) is 0 Å². The van der Waals surface area contributed by atoms with Gasteiger partial charge in [0.1, 0.15) is 5.82 Å². The van der Waals surface area contributed by atoms with Crippen LogP contribution in [0.5, 0.6) is 11.5 Å². The standard InChI is InChI=1S/C17H20FNO4S/c1-12-9-15(22-3)16(23-4)10-17(12)24(20,21)19(2)11-13-7-5-6-8-14(13)18/h5-10H,11H2,1-4H3. The summed E-state index contributed by atoms with van der Waals surface area (Å²) in [5.74, 6) is 0.329. The van der Waals surface area contributed by atoms with Crippen molar-refractivity contribution in [2.45, 2.75) is 18.4 Å². The molecule has 0 heterocycles. The quantitative estimate of drug-likeness (QED) is 0.801. The van der Waals surface area contributed by atoms with Gasteiger partial charge in [-0.25, -0.2) is 12.8 Å². The molecule has 0 N–H and O–H groups in total. The van der Waals surface area contributed by atoms with E-state index in [4.69, 9.17) is 9.47 Å². The minimum Gasteiger partial charge on any atom is -0.493 e. The predicted octanol–water partition coefficient (Wildman–Crippen LogP) is 2.97. The van der Waals surface area contributed by atoms with E-state index in [0.717, 1.165) is 4.31 Å². The van der Waals surface area contributed by atoms with E-state index in [2.05, 4.69) is 0 Å². The van der Waals surface area contributed by atoms with Crippen molar-refractivity contribution in [2.75, 3.05) is 21.3 Å². The Bertz CT molecular complexity index is 836. The summed E-state index contributed by atoms with van der Waals surface area (Å²) in [5, 5.41) is 0. The lowest BCUT2D eigenvalue weighted by Crippen LogP contribution is -2.27. The van der Waals surface area contributed by atoms with Crippen molar-refractivity contribution in [2.24, 2.45) is 0 Å². The number of hydrogen-bond acceptors (Lipinski definition) is 4. The Balaban J connectivity index is 2.41. The summed E-state index contributed by atoms with van der Waals surface area (Å²) in [6.07, 6.45) is 0. The predicted molar refractivity (Wildman–Crippen MR) is 89.3 cm³/mol. The molecule has 0 aromatic heterocycles. The van der Waals surface area contributed by atoms with Crippen molar-refractivity contribution in [1.82, 2.24) is 4.31 Å². The van der Waals surface area contributed by atoms with Gasteiger partial charge in [-0.2, -0.15) is 4.31 Å². The maximum Gasteiger partial charge on any atom is 0.243 e. The molecule has 2 aromatic rings. The molecule has 2 rings (SSSR count). The minimum absolute atomic E-state index is 0.0667. The van der Waals surface area contributed by atoms with Crippen LogP contribution in [-0.2, 0) is 16.6 Å². The highest BCUT2D eigenvalue weighted by Crippen LogP contribution is 2.33. The van der Waals surface area contributed by atoms with Crippen molar-refractivity contribution in [3.63, 3.8) is 0 Å². The molecule has 130 valence electrons. The molecular weight excluding hydrogens is 333 g/mol. The largest absolute Gasteiger partial charge is 0.493 e. The van der Waals surface area contributed by atoms with Crippen LogP contribution in [0, 0.1) is 12.7 Å². The minimum atomic E-state index is -3.81. The molecule has 0 bridgehead atoms. The van der Waals surface area contributed by atoms with E-state index in [1.807, 2.05) is 0 Å². The van der Waals surface area contributed by atoms with E-state index < -0.39 is 15.8 Å². The van der Waals surface area contributed by atoms with E-state index in [0.29, 0.717) is 22.6 Å². The Morgan fingerprint density at radius 1 is 1.08 bits per heavy atom. The van der Waals surface area contributed by atoms with Gasteiger partial charge in [-0.15, -0.1) is 0 Å². The maximum atomic E-state index is 13.8. The second-order valence-electron chi connectivity index (χ2n) is 5.33. The van der Waals surface area contributed by atoms with E-state index in [-0.39, 0.29) is 11.4 Å². The first-order chi connectivity index (χ1) is 11.3. The summed E-state index contributed by atoms with van der Waals surface area (Å²) < 4.78 is 50.9. The summed E-state index contributed by atoms with van der Waals surface area (Å²) >= 11 is 0. The number of methoxy groups -OCH3 is 2. The fourth-order valence-electron chi connectivity index (χ4n) is 2.36. The van der Waals surface area contributed by atoms with Gasteiger partial charge in [-0.1, -0.05) is 18.2 Å². The number of ether oxygens (including phenoxy) is 2. The number of hydrogen-bond donors (Lipinski definition) is 0. The van der Waals surface area contributed by atoms with E-state index in [1.54, 1.807) is 31.2 Å². The zero-order valence-electron chi connectivity index (χ0n) is 14.0. The Labute approximate surface area is 141 Å². The molecular formula is C17H20FNO4S. The normalized spacial score (nSPS) is 11.6. The lowest BCUT2D eigenvalue weighted by atomic mass is 10.2. The number of benzene rings is 2. The van der Waals surface area contributed by atoms with Gasteiger partial charge in [-0.3, -0.25) is 0 Å². The molecule has 0 aliphatic heterocycles. The van der Waals surface area contributed by atoms with Crippen molar-refractivity contribution in [3.05, 3.63) is 53.3 Å². The molecule has 0 radical (unpaired) electrons. The fourth-order valence-corrected chi connectivity index (χ4v) is 3.73. The first-order valence-corrected chi connectivity index (χ1v) is 8.67. The van der Waals surface area contributed by atoms with Gasteiger partial charge < -0.3 is 9.47 Å². The zero-order chi connectivity index (χ0) is 17.9. The Morgan fingerprint density at radius 3 is 2.25 bits per heavy atom. The highest BCUT2D eigenvalue weighted by Gasteiger charge is 2.25. The highest BCUT2D eigenvalue weighted by atomic mass is 32.2. The molecule has 0 amide bonds. The molecule has 0 saturated heterocycles. The molecule has 24 heavy (non-hydrogen) atoms. The van der Waals surface area contributed by atoms with Crippen LogP contribution in [0.15, 0.2) is 41.3 Å². The summed E-state index contributed by atoms with van der Waals surface area (Å²) in [6, 6.07) is 9.11. The molecule has 0 atom stereocenters. The molecule has 0 saturated carbocycles. The van der Waals surface area contributed by atoms with Crippen LogP contribution in [0.25, 0.3) is 0 Å². The van der Waals surface area contributed by atoms with Crippen LogP contribution in [0.2, 0.25) is 0 Å². The summed E-state index contributed by atoms with van der Waals surface area (Å²) in [4.78, 5) is 0.0963. The molecule has 0 aliphatic carbocycles. The smallest absolute Gasteiger partial charge is 0.243 e. The van der Waals surface area contributed by atoms with Gasteiger partial charge in [-0.05, 0) is 24.6 Å². The van der Waals surface area contributed by atoms with Gasteiger partial charge in [0.15, 0.2) is 11.5 Å². The average molecular weight is 353 g/mol. The number of aryl methyl sites for hydroxylation is 1. The average Bonchev–Trinajstić information content (AvgIpc) is 2.56. The lowest BCUT2D eigenvalue weighted by Gasteiger charge is -2.20. The topological polar surface area (TPSA) is 55.8 Å². The second-order valence-corrected chi connectivity index (χ2v) is 7.34. The van der Waals surface area contributed by atoms with Crippen molar-refractivity contribution in [1.29, 1.82) is 0 Å². The summed E-state index contributed by atoms with van der Waals surface area (Å²) in [5.41, 5.74) is 0.828. The molecule has 5 nitrogen and oxygen atoms in total. The summed E-state index contributed by atoms with van der Waals surface area (Å²) in [6.45, 7) is 1.61. The number of halogens is 1. The van der Waals surface area contributed by atoms with Crippen LogP contribution in [0.1, 0.15) is 11.1 Å². The molecule has 7 heteroatoms. The van der Waals surface area contributed by atoms with Crippen molar-refractivity contribution >= 4 is 10.0 Å². The van der Waals surface area contributed by atoms with Gasteiger partial charge in [0, 0.05) is 25.2 Å². The maximum absolute atomic E-state index is 13.8. The third kappa shape index (κ3) is 3.52. The second kappa shape index (κ2) is 7.19. The van der Waals surface area contributed by atoms with Crippen LogP contribution in [0.4, 0.5) is 4.39 Å². The number of rotatable bonds is 6. The van der Waals surface area contributed by atoms with Gasteiger partial charge in [0.05, 0.1) is 19.1 Å². The van der Waals surface area contributed by atoms with Crippen LogP contribution >= 0.6 is 0 Å². The Hall–Kier alpha value is -2.12. The first-order valence-electron chi connectivity index (χ1n) is 7.23. The third-order valence-electron chi connectivity index (χ3n) is 3.72. The monoisotopic (exact) mass is 353 g/mol. The van der Waals surface area contributed by atoms with Crippen molar-refractivity contribution in [3.8, 4) is 11.5 Å².